The molecule has 0 heterocycles. The van der Waals surface area contributed by atoms with Crippen molar-refractivity contribution in [2.75, 3.05) is 6.54 Å². The third-order valence-electron chi connectivity index (χ3n) is 4.30. The fourth-order valence-corrected chi connectivity index (χ4v) is 2.77. The highest BCUT2D eigenvalue weighted by Crippen LogP contribution is 2.31. The molecular weight excluding hydrogens is 229 g/mol. The van der Waals surface area contributed by atoms with Gasteiger partial charge in [0.15, 0.2) is 0 Å². The summed E-state index contributed by atoms with van der Waals surface area (Å²) in [6, 6.07) is 6.87. The van der Waals surface area contributed by atoms with Gasteiger partial charge in [-0.15, -0.1) is 0 Å². The number of aliphatic hydroxyl groups is 1. The molecule has 0 radical (unpaired) electrons. The van der Waals surface area contributed by atoms with Gasteiger partial charge >= 0.3 is 0 Å². The van der Waals surface area contributed by atoms with Crippen LogP contribution in [-0.4, -0.2) is 17.7 Å². The van der Waals surface area contributed by atoms with E-state index in [1.165, 1.54) is 12.5 Å². The highest BCUT2D eigenvalue weighted by molar-refractivity contribution is 5.20. The van der Waals surface area contributed by atoms with E-state index < -0.39 is 6.10 Å². The summed E-state index contributed by atoms with van der Waals surface area (Å²) < 4.78 is 13.5. The molecule has 4 unspecified atom stereocenters. The molecule has 2 rings (SSSR count). The lowest BCUT2D eigenvalue weighted by atomic mass is 9.97. The highest BCUT2D eigenvalue weighted by Gasteiger charge is 2.29. The quantitative estimate of drug-likeness (QED) is 0.862. The summed E-state index contributed by atoms with van der Waals surface area (Å²) in [6.07, 6.45) is 1.61. The Kier molecular flexibility index (Phi) is 4.36. The molecule has 0 saturated heterocycles. The van der Waals surface area contributed by atoms with E-state index in [0.717, 1.165) is 12.3 Å². The number of nitrogens with one attached hydrogen (secondary N) is 1. The molecule has 0 aromatic heterocycles. The maximum absolute atomic E-state index is 13.5. The van der Waals surface area contributed by atoms with Crippen LogP contribution in [0.4, 0.5) is 4.39 Å². The predicted octanol–water partition coefficient (Wildman–Crippen LogP) is 2.88. The van der Waals surface area contributed by atoms with Crippen molar-refractivity contribution in [1.82, 2.24) is 5.32 Å². The van der Waals surface area contributed by atoms with Gasteiger partial charge in [0.05, 0.1) is 6.10 Å². The third kappa shape index (κ3) is 2.90. The van der Waals surface area contributed by atoms with E-state index in [1.54, 1.807) is 18.2 Å². The van der Waals surface area contributed by atoms with Gasteiger partial charge in [-0.3, -0.25) is 0 Å². The lowest BCUT2D eigenvalue weighted by Crippen LogP contribution is -2.35. The van der Waals surface area contributed by atoms with Gasteiger partial charge in [-0.25, -0.2) is 4.39 Å². The van der Waals surface area contributed by atoms with Crippen LogP contribution in [0.25, 0.3) is 0 Å². The van der Waals surface area contributed by atoms with Crippen molar-refractivity contribution >= 4 is 0 Å². The molecular formula is C15H22FNO. The maximum Gasteiger partial charge on any atom is 0.129 e. The van der Waals surface area contributed by atoms with Crippen LogP contribution >= 0.6 is 0 Å². The first-order valence-electron chi connectivity index (χ1n) is 6.75. The highest BCUT2D eigenvalue weighted by atomic mass is 19.1. The summed E-state index contributed by atoms with van der Waals surface area (Å²) in [7, 11) is 0. The SMILES string of the molecule is CC1CCC(NCC(O)c2ccccc2F)C1C. The van der Waals surface area contributed by atoms with E-state index in [2.05, 4.69) is 19.2 Å². The van der Waals surface area contributed by atoms with Gasteiger partial charge in [0, 0.05) is 18.2 Å². The van der Waals surface area contributed by atoms with Gasteiger partial charge < -0.3 is 10.4 Å². The first kappa shape index (κ1) is 13.5. The molecule has 0 bridgehead atoms. The van der Waals surface area contributed by atoms with Crippen LogP contribution in [0.5, 0.6) is 0 Å². The van der Waals surface area contributed by atoms with Crippen molar-refractivity contribution in [3.8, 4) is 0 Å². The van der Waals surface area contributed by atoms with Gasteiger partial charge in [0.1, 0.15) is 5.82 Å². The average molecular weight is 251 g/mol. The number of halogens is 1. The minimum Gasteiger partial charge on any atom is -0.387 e. The molecule has 1 saturated carbocycles. The summed E-state index contributed by atoms with van der Waals surface area (Å²) in [4.78, 5) is 0. The Morgan fingerprint density at radius 3 is 2.67 bits per heavy atom. The number of hydrogen-bond donors (Lipinski definition) is 2. The Bertz CT molecular complexity index is 396. The molecule has 1 aliphatic carbocycles. The second-order valence-electron chi connectivity index (χ2n) is 5.47. The lowest BCUT2D eigenvalue weighted by Gasteiger charge is -2.22. The standard InChI is InChI=1S/C15H22FNO/c1-10-7-8-14(11(10)2)17-9-15(18)12-5-3-4-6-13(12)16/h3-6,10-11,14-15,17-18H,7-9H2,1-2H3. The molecule has 2 nitrogen and oxygen atoms in total. The first-order valence-corrected chi connectivity index (χ1v) is 6.75. The zero-order chi connectivity index (χ0) is 13.1. The Morgan fingerprint density at radius 2 is 2.06 bits per heavy atom. The molecule has 1 fully saturated rings. The Hall–Kier alpha value is -0.930. The molecule has 0 spiro atoms. The monoisotopic (exact) mass is 251 g/mol. The minimum absolute atomic E-state index is 0.334. The zero-order valence-electron chi connectivity index (χ0n) is 11.1. The zero-order valence-corrected chi connectivity index (χ0v) is 11.1. The van der Waals surface area contributed by atoms with Crippen molar-refractivity contribution in [2.24, 2.45) is 11.8 Å². The van der Waals surface area contributed by atoms with Crippen molar-refractivity contribution in [1.29, 1.82) is 0 Å². The van der Waals surface area contributed by atoms with Crippen molar-refractivity contribution in [3.63, 3.8) is 0 Å². The van der Waals surface area contributed by atoms with Gasteiger partial charge in [-0.05, 0) is 30.7 Å². The number of aliphatic hydroxyl groups excluding tert-OH is 1. The molecule has 3 heteroatoms. The molecule has 0 aliphatic heterocycles. The fourth-order valence-electron chi connectivity index (χ4n) is 2.77. The summed E-state index contributed by atoms with van der Waals surface area (Å²) in [5, 5.41) is 13.4. The van der Waals surface area contributed by atoms with Crippen LogP contribution in [0.15, 0.2) is 24.3 Å². The van der Waals surface area contributed by atoms with Crippen LogP contribution in [0.2, 0.25) is 0 Å². The molecule has 1 aromatic rings. The molecule has 100 valence electrons. The lowest BCUT2D eigenvalue weighted by molar-refractivity contribution is 0.161. The van der Waals surface area contributed by atoms with Crippen LogP contribution in [0, 0.1) is 17.7 Å². The molecule has 1 aromatic carbocycles. The van der Waals surface area contributed by atoms with Crippen LogP contribution < -0.4 is 5.32 Å². The normalized spacial score (nSPS) is 29.4. The fraction of sp³-hybridized carbons (Fsp3) is 0.600. The van der Waals surface area contributed by atoms with Gasteiger partial charge in [-0.1, -0.05) is 32.0 Å². The van der Waals surface area contributed by atoms with E-state index >= 15 is 0 Å². The van der Waals surface area contributed by atoms with Crippen molar-refractivity contribution < 1.29 is 9.50 Å². The maximum atomic E-state index is 13.5. The van der Waals surface area contributed by atoms with Gasteiger partial charge in [-0.2, -0.15) is 0 Å². The summed E-state index contributed by atoms with van der Waals surface area (Å²) >= 11 is 0. The third-order valence-corrected chi connectivity index (χ3v) is 4.30. The van der Waals surface area contributed by atoms with E-state index in [-0.39, 0.29) is 5.82 Å². The van der Waals surface area contributed by atoms with Crippen LogP contribution in [0.3, 0.4) is 0 Å². The molecule has 1 aliphatic rings. The van der Waals surface area contributed by atoms with Gasteiger partial charge in [0.25, 0.3) is 0 Å². The second kappa shape index (κ2) is 5.81. The Balaban J connectivity index is 1.89. The van der Waals surface area contributed by atoms with Crippen LogP contribution in [0.1, 0.15) is 38.4 Å². The Labute approximate surface area is 108 Å². The first-order chi connectivity index (χ1) is 8.59. The van der Waals surface area contributed by atoms with E-state index in [9.17, 15) is 9.50 Å². The molecule has 0 amide bonds. The van der Waals surface area contributed by atoms with E-state index in [4.69, 9.17) is 0 Å². The largest absolute Gasteiger partial charge is 0.387 e. The Morgan fingerprint density at radius 1 is 1.33 bits per heavy atom. The van der Waals surface area contributed by atoms with Gasteiger partial charge in [0.2, 0.25) is 0 Å². The van der Waals surface area contributed by atoms with E-state index in [0.29, 0.717) is 24.1 Å². The summed E-state index contributed by atoms with van der Waals surface area (Å²) in [6.45, 7) is 4.92. The number of benzene rings is 1. The van der Waals surface area contributed by atoms with E-state index in [1.807, 2.05) is 0 Å². The molecule has 4 atom stereocenters. The topological polar surface area (TPSA) is 32.3 Å². The number of rotatable bonds is 4. The molecule has 2 N–H and O–H groups in total. The summed E-state index contributed by atoms with van der Waals surface area (Å²) in [5.41, 5.74) is 0.378. The smallest absolute Gasteiger partial charge is 0.129 e. The van der Waals surface area contributed by atoms with Crippen molar-refractivity contribution in [2.45, 2.75) is 38.8 Å². The second-order valence-corrected chi connectivity index (χ2v) is 5.47. The van der Waals surface area contributed by atoms with Crippen LogP contribution in [-0.2, 0) is 0 Å². The summed E-state index contributed by atoms with van der Waals surface area (Å²) in [5.74, 6) is 1.02. The number of hydrogen-bond acceptors (Lipinski definition) is 2. The average Bonchev–Trinajstić information content (AvgIpc) is 2.68. The predicted molar refractivity (Wildman–Crippen MR) is 70.7 cm³/mol. The molecule has 18 heavy (non-hydrogen) atoms. The minimum atomic E-state index is -0.769. The van der Waals surface area contributed by atoms with Crippen molar-refractivity contribution in [3.05, 3.63) is 35.6 Å².